The first-order valence-electron chi connectivity index (χ1n) is 6.10. The lowest BCUT2D eigenvalue weighted by Crippen LogP contribution is -2.34. The summed E-state index contributed by atoms with van der Waals surface area (Å²) in [6.45, 7) is 1.85. The zero-order valence-electron chi connectivity index (χ0n) is 9.97. The second kappa shape index (κ2) is 4.38. The molecule has 0 unspecified atom stereocenters. The summed E-state index contributed by atoms with van der Waals surface area (Å²) in [4.78, 5) is 20.3. The highest BCUT2D eigenvalue weighted by molar-refractivity contribution is 5.74. The van der Waals surface area contributed by atoms with E-state index in [0.717, 1.165) is 31.3 Å². The standard InChI is InChI=1S/C12H15N5O/c13-12-15-7-8-1-2-10(18)17(11(8)16-12)9-3-5-14-6-4-9/h1-2,7,9,14H,3-6H2,(H2,13,15,16). The summed E-state index contributed by atoms with van der Waals surface area (Å²) in [5.41, 5.74) is 6.24. The fourth-order valence-corrected chi connectivity index (χ4v) is 2.47. The van der Waals surface area contributed by atoms with Gasteiger partial charge in [0.1, 0.15) is 5.65 Å². The maximum absolute atomic E-state index is 12.1. The minimum Gasteiger partial charge on any atom is -0.368 e. The Balaban J connectivity index is 2.21. The van der Waals surface area contributed by atoms with E-state index in [-0.39, 0.29) is 17.5 Å². The van der Waals surface area contributed by atoms with Crippen molar-refractivity contribution in [2.75, 3.05) is 18.8 Å². The van der Waals surface area contributed by atoms with Crippen LogP contribution in [-0.4, -0.2) is 27.6 Å². The van der Waals surface area contributed by atoms with Gasteiger partial charge in [0.25, 0.3) is 5.56 Å². The third-order valence-electron chi connectivity index (χ3n) is 3.36. The molecule has 6 heteroatoms. The van der Waals surface area contributed by atoms with E-state index in [1.54, 1.807) is 22.9 Å². The SMILES string of the molecule is Nc1ncc2ccc(=O)n(C3CCNCC3)c2n1. The first-order valence-corrected chi connectivity index (χ1v) is 6.10. The van der Waals surface area contributed by atoms with Crippen molar-refractivity contribution in [2.24, 2.45) is 0 Å². The summed E-state index contributed by atoms with van der Waals surface area (Å²) in [5.74, 6) is 0.204. The van der Waals surface area contributed by atoms with Gasteiger partial charge in [0, 0.05) is 23.7 Å². The maximum Gasteiger partial charge on any atom is 0.252 e. The number of anilines is 1. The van der Waals surface area contributed by atoms with Crippen LogP contribution in [0.2, 0.25) is 0 Å². The largest absolute Gasteiger partial charge is 0.368 e. The quantitative estimate of drug-likeness (QED) is 0.754. The summed E-state index contributed by atoms with van der Waals surface area (Å²) < 4.78 is 1.76. The first kappa shape index (κ1) is 11.2. The molecule has 0 aromatic carbocycles. The zero-order valence-corrected chi connectivity index (χ0v) is 9.97. The van der Waals surface area contributed by atoms with E-state index in [1.165, 1.54) is 0 Å². The van der Waals surface area contributed by atoms with Crippen molar-refractivity contribution in [3.8, 4) is 0 Å². The highest BCUT2D eigenvalue weighted by atomic mass is 16.1. The van der Waals surface area contributed by atoms with E-state index in [2.05, 4.69) is 15.3 Å². The predicted molar refractivity (Wildman–Crippen MR) is 69.4 cm³/mol. The second-order valence-electron chi connectivity index (χ2n) is 4.53. The number of fused-ring (bicyclic) bond motifs is 1. The van der Waals surface area contributed by atoms with E-state index >= 15 is 0 Å². The molecule has 1 saturated heterocycles. The van der Waals surface area contributed by atoms with Gasteiger partial charge in [-0.2, -0.15) is 4.98 Å². The van der Waals surface area contributed by atoms with E-state index in [9.17, 15) is 4.79 Å². The lowest BCUT2D eigenvalue weighted by atomic mass is 10.1. The molecule has 2 aromatic rings. The Morgan fingerprint density at radius 1 is 1.33 bits per heavy atom. The van der Waals surface area contributed by atoms with E-state index < -0.39 is 0 Å². The van der Waals surface area contributed by atoms with E-state index in [4.69, 9.17) is 5.73 Å². The van der Waals surface area contributed by atoms with Crippen LogP contribution >= 0.6 is 0 Å². The van der Waals surface area contributed by atoms with Crippen molar-refractivity contribution in [3.05, 3.63) is 28.7 Å². The molecule has 0 aliphatic carbocycles. The number of hydrogen-bond donors (Lipinski definition) is 2. The van der Waals surface area contributed by atoms with Crippen LogP contribution in [-0.2, 0) is 0 Å². The van der Waals surface area contributed by atoms with E-state index in [0.29, 0.717) is 5.65 Å². The van der Waals surface area contributed by atoms with Gasteiger partial charge in [0.2, 0.25) is 5.95 Å². The third-order valence-corrected chi connectivity index (χ3v) is 3.36. The normalized spacial score (nSPS) is 17.1. The highest BCUT2D eigenvalue weighted by Crippen LogP contribution is 2.20. The van der Waals surface area contributed by atoms with Crippen LogP contribution in [0.3, 0.4) is 0 Å². The van der Waals surface area contributed by atoms with Crippen molar-refractivity contribution in [3.63, 3.8) is 0 Å². The molecule has 0 spiro atoms. The Morgan fingerprint density at radius 3 is 2.89 bits per heavy atom. The summed E-state index contributed by atoms with van der Waals surface area (Å²) in [7, 11) is 0. The predicted octanol–water partition coefficient (Wildman–Crippen LogP) is 0.298. The molecule has 94 valence electrons. The van der Waals surface area contributed by atoms with Gasteiger partial charge in [-0.25, -0.2) is 4.98 Å². The van der Waals surface area contributed by atoms with Crippen LogP contribution in [0.15, 0.2) is 23.1 Å². The molecular formula is C12H15N5O. The van der Waals surface area contributed by atoms with Crippen LogP contribution in [0.4, 0.5) is 5.95 Å². The van der Waals surface area contributed by atoms with Crippen LogP contribution in [0.5, 0.6) is 0 Å². The van der Waals surface area contributed by atoms with Crippen LogP contribution < -0.4 is 16.6 Å². The van der Waals surface area contributed by atoms with Crippen molar-refractivity contribution in [1.82, 2.24) is 19.9 Å². The number of hydrogen-bond acceptors (Lipinski definition) is 5. The average Bonchev–Trinajstić information content (AvgIpc) is 2.39. The molecule has 1 aliphatic heterocycles. The maximum atomic E-state index is 12.1. The number of piperidine rings is 1. The molecule has 0 bridgehead atoms. The topological polar surface area (TPSA) is 85.8 Å². The molecule has 2 aromatic heterocycles. The van der Waals surface area contributed by atoms with Crippen molar-refractivity contribution in [1.29, 1.82) is 0 Å². The second-order valence-corrected chi connectivity index (χ2v) is 4.53. The summed E-state index contributed by atoms with van der Waals surface area (Å²) >= 11 is 0. The summed E-state index contributed by atoms with van der Waals surface area (Å²) in [5, 5.41) is 4.14. The number of rotatable bonds is 1. The molecule has 1 aliphatic rings. The molecule has 0 amide bonds. The molecule has 3 rings (SSSR count). The number of nitrogens with one attached hydrogen (secondary N) is 1. The molecule has 3 N–H and O–H groups in total. The Morgan fingerprint density at radius 2 is 2.11 bits per heavy atom. The Kier molecular flexibility index (Phi) is 2.71. The number of nitrogen functional groups attached to an aromatic ring is 1. The lowest BCUT2D eigenvalue weighted by molar-refractivity contribution is 0.367. The van der Waals surface area contributed by atoms with Gasteiger partial charge in [-0.05, 0) is 32.0 Å². The number of nitrogens with two attached hydrogens (primary N) is 1. The molecule has 0 radical (unpaired) electrons. The minimum absolute atomic E-state index is 0.0208. The van der Waals surface area contributed by atoms with Crippen LogP contribution in [0.25, 0.3) is 11.0 Å². The Hall–Kier alpha value is -1.95. The van der Waals surface area contributed by atoms with Gasteiger partial charge < -0.3 is 11.1 Å². The Bertz CT molecular complexity index is 630. The van der Waals surface area contributed by atoms with Gasteiger partial charge in [-0.15, -0.1) is 0 Å². The zero-order chi connectivity index (χ0) is 12.5. The van der Waals surface area contributed by atoms with Crippen LogP contribution in [0.1, 0.15) is 18.9 Å². The van der Waals surface area contributed by atoms with Crippen LogP contribution in [0, 0.1) is 0 Å². The Labute approximate surface area is 104 Å². The molecular weight excluding hydrogens is 230 g/mol. The number of pyridine rings is 1. The van der Waals surface area contributed by atoms with Gasteiger partial charge in [-0.1, -0.05) is 0 Å². The van der Waals surface area contributed by atoms with Gasteiger partial charge in [0.15, 0.2) is 0 Å². The first-order chi connectivity index (χ1) is 8.75. The lowest BCUT2D eigenvalue weighted by Gasteiger charge is -2.25. The minimum atomic E-state index is -0.0208. The van der Waals surface area contributed by atoms with Gasteiger partial charge in [-0.3, -0.25) is 9.36 Å². The summed E-state index contributed by atoms with van der Waals surface area (Å²) in [6, 6.07) is 3.51. The van der Waals surface area contributed by atoms with Gasteiger partial charge >= 0.3 is 0 Å². The van der Waals surface area contributed by atoms with E-state index in [1.807, 2.05) is 0 Å². The smallest absolute Gasteiger partial charge is 0.252 e. The molecule has 1 fully saturated rings. The average molecular weight is 245 g/mol. The third kappa shape index (κ3) is 1.84. The molecule has 0 saturated carbocycles. The van der Waals surface area contributed by atoms with Gasteiger partial charge in [0.05, 0.1) is 0 Å². The fourth-order valence-electron chi connectivity index (χ4n) is 2.47. The molecule has 6 nitrogen and oxygen atoms in total. The van der Waals surface area contributed by atoms with Crippen molar-refractivity contribution >= 4 is 17.0 Å². The molecule has 18 heavy (non-hydrogen) atoms. The van der Waals surface area contributed by atoms with Crippen molar-refractivity contribution < 1.29 is 0 Å². The van der Waals surface area contributed by atoms with Crippen molar-refractivity contribution in [2.45, 2.75) is 18.9 Å². The number of nitrogens with zero attached hydrogens (tertiary/aromatic N) is 3. The fraction of sp³-hybridized carbons (Fsp3) is 0.417. The monoisotopic (exact) mass is 245 g/mol. The highest BCUT2D eigenvalue weighted by Gasteiger charge is 2.18. The molecule has 3 heterocycles. The molecule has 0 atom stereocenters. The summed E-state index contributed by atoms with van der Waals surface area (Å²) in [6.07, 6.45) is 3.53. The number of aromatic nitrogens is 3.